The zero-order chi connectivity index (χ0) is 23.9. The largest absolute Gasteiger partial charge is 0.325 e. The Morgan fingerprint density at radius 3 is 2.09 bits per heavy atom. The summed E-state index contributed by atoms with van der Waals surface area (Å²) < 4.78 is 0.953. The number of hydrogen-bond donors (Lipinski definition) is 2. The summed E-state index contributed by atoms with van der Waals surface area (Å²) in [6.07, 6.45) is 0. The lowest BCUT2D eigenvalue weighted by Gasteiger charge is -2.17. The summed E-state index contributed by atoms with van der Waals surface area (Å²) in [5.41, 5.74) is 4.01. The quantitative estimate of drug-likeness (QED) is 0.243. The Morgan fingerprint density at radius 1 is 0.765 bits per heavy atom. The summed E-state index contributed by atoms with van der Waals surface area (Å²) >= 11 is 4.88. The fourth-order valence-corrected chi connectivity index (χ4v) is 4.67. The molecule has 2 amide bonds. The van der Waals surface area contributed by atoms with Gasteiger partial charge in [-0.2, -0.15) is 0 Å². The van der Waals surface area contributed by atoms with Gasteiger partial charge >= 0.3 is 0 Å². The highest BCUT2D eigenvalue weighted by Crippen LogP contribution is 2.36. The second-order valence-electron chi connectivity index (χ2n) is 7.75. The van der Waals surface area contributed by atoms with Crippen LogP contribution in [0.25, 0.3) is 0 Å². The van der Waals surface area contributed by atoms with E-state index in [1.165, 1.54) is 11.8 Å². The number of thioether (sulfide) groups is 1. The van der Waals surface area contributed by atoms with Crippen molar-refractivity contribution in [3.63, 3.8) is 0 Å². The van der Waals surface area contributed by atoms with E-state index in [2.05, 4.69) is 26.6 Å². The van der Waals surface area contributed by atoms with Crippen LogP contribution in [0.3, 0.4) is 0 Å². The van der Waals surface area contributed by atoms with Crippen LogP contribution in [0.5, 0.6) is 0 Å². The summed E-state index contributed by atoms with van der Waals surface area (Å²) in [7, 11) is 0. The summed E-state index contributed by atoms with van der Waals surface area (Å²) in [5.74, 6) is -0.254. The van der Waals surface area contributed by atoms with Gasteiger partial charge in [0.15, 0.2) is 0 Å². The SMILES string of the molecule is Cc1cccc(C(=O)Nc2ccc(SC(C(=O)Nc3ccc(Br)cc3)c3ccccc3)cc2)c1. The van der Waals surface area contributed by atoms with Crippen LogP contribution in [0.1, 0.15) is 26.7 Å². The molecule has 0 aliphatic rings. The molecule has 0 radical (unpaired) electrons. The van der Waals surface area contributed by atoms with Gasteiger partial charge in [-0.25, -0.2) is 0 Å². The van der Waals surface area contributed by atoms with E-state index in [-0.39, 0.29) is 11.8 Å². The molecule has 0 aromatic heterocycles. The van der Waals surface area contributed by atoms with E-state index in [1.807, 2.05) is 104 Å². The van der Waals surface area contributed by atoms with Gasteiger partial charge in [0.25, 0.3) is 5.91 Å². The Kier molecular flexibility index (Phi) is 7.83. The number of carbonyl (C=O) groups excluding carboxylic acids is 2. The molecule has 4 nitrogen and oxygen atoms in total. The highest BCUT2D eigenvalue weighted by molar-refractivity contribution is 9.10. The molecule has 0 aliphatic carbocycles. The highest BCUT2D eigenvalue weighted by atomic mass is 79.9. The maximum absolute atomic E-state index is 13.2. The minimum Gasteiger partial charge on any atom is -0.325 e. The van der Waals surface area contributed by atoms with Gasteiger partial charge in [0.05, 0.1) is 0 Å². The second kappa shape index (κ2) is 11.2. The molecular weight excluding hydrogens is 508 g/mol. The van der Waals surface area contributed by atoms with Gasteiger partial charge in [0, 0.05) is 26.3 Å². The van der Waals surface area contributed by atoms with E-state index in [0.29, 0.717) is 11.3 Å². The number of halogens is 1. The van der Waals surface area contributed by atoms with Crippen LogP contribution in [0.4, 0.5) is 11.4 Å². The molecule has 0 aliphatic heterocycles. The van der Waals surface area contributed by atoms with Crippen molar-refractivity contribution in [3.05, 3.63) is 124 Å². The molecule has 170 valence electrons. The molecule has 0 saturated heterocycles. The van der Waals surface area contributed by atoms with Crippen molar-refractivity contribution in [1.29, 1.82) is 0 Å². The summed E-state index contributed by atoms with van der Waals surface area (Å²) in [4.78, 5) is 26.6. The maximum Gasteiger partial charge on any atom is 0.255 e. The maximum atomic E-state index is 13.2. The van der Waals surface area contributed by atoms with Gasteiger partial charge in [0.1, 0.15) is 5.25 Å². The lowest BCUT2D eigenvalue weighted by molar-refractivity contribution is -0.115. The van der Waals surface area contributed by atoms with Crippen molar-refractivity contribution < 1.29 is 9.59 Å². The molecule has 0 spiro atoms. The normalized spacial score (nSPS) is 11.5. The Bertz CT molecular complexity index is 1280. The number of amides is 2. The first-order valence-electron chi connectivity index (χ1n) is 10.7. The van der Waals surface area contributed by atoms with E-state index < -0.39 is 5.25 Å². The molecule has 4 aromatic carbocycles. The number of anilines is 2. The van der Waals surface area contributed by atoms with E-state index in [1.54, 1.807) is 6.07 Å². The first kappa shape index (κ1) is 23.8. The third-order valence-electron chi connectivity index (χ3n) is 5.10. The van der Waals surface area contributed by atoms with Crippen LogP contribution >= 0.6 is 27.7 Å². The van der Waals surface area contributed by atoms with Crippen molar-refractivity contribution in [3.8, 4) is 0 Å². The molecule has 0 saturated carbocycles. The van der Waals surface area contributed by atoms with Crippen molar-refractivity contribution in [2.24, 2.45) is 0 Å². The molecule has 6 heteroatoms. The number of nitrogens with one attached hydrogen (secondary N) is 2. The average molecular weight is 531 g/mol. The minimum absolute atomic E-state index is 0.102. The summed E-state index contributed by atoms with van der Waals surface area (Å²) in [6, 6.07) is 32.2. The predicted molar refractivity (Wildman–Crippen MR) is 143 cm³/mol. The number of hydrogen-bond acceptors (Lipinski definition) is 3. The predicted octanol–water partition coefficient (Wildman–Crippen LogP) is 7.48. The van der Waals surface area contributed by atoms with E-state index >= 15 is 0 Å². The van der Waals surface area contributed by atoms with Crippen molar-refractivity contribution in [2.75, 3.05) is 10.6 Å². The van der Waals surface area contributed by atoms with Crippen LogP contribution in [0.15, 0.2) is 112 Å². The number of benzene rings is 4. The molecule has 4 rings (SSSR count). The van der Waals surface area contributed by atoms with Gasteiger partial charge in [-0.05, 0) is 73.2 Å². The smallest absolute Gasteiger partial charge is 0.255 e. The first-order valence-corrected chi connectivity index (χ1v) is 12.4. The molecule has 34 heavy (non-hydrogen) atoms. The van der Waals surface area contributed by atoms with Gasteiger partial charge < -0.3 is 10.6 Å². The Hall–Kier alpha value is -3.35. The third-order valence-corrected chi connectivity index (χ3v) is 6.89. The number of rotatable bonds is 7. The van der Waals surface area contributed by atoms with Gasteiger partial charge in [-0.3, -0.25) is 9.59 Å². The van der Waals surface area contributed by atoms with Crippen molar-refractivity contribution >= 4 is 50.9 Å². The van der Waals surface area contributed by atoms with E-state index in [9.17, 15) is 9.59 Å². The Morgan fingerprint density at radius 2 is 1.41 bits per heavy atom. The fourth-order valence-electron chi connectivity index (χ4n) is 3.38. The molecule has 4 aromatic rings. The molecule has 2 N–H and O–H groups in total. The van der Waals surface area contributed by atoms with Crippen molar-refractivity contribution in [1.82, 2.24) is 0 Å². The van der Waals surface area contributed by atoms with Crippen LogP contribution < -0.4 is 10.6 Å². The zero-order valence-corrected chi connectivity index (χ0v) is 20.9. The molecule has 0 fully saturated rings. The highest BCUT2D eigenvalue weighted by Gasteiger charge is 2.22. The second-order valence-corrected chi connectivity index (χ2v) is 9.85. The number of carbonyl (C=O) groups is 2. The van der Waals surface area contributed by atoms with Crippen LogP contribution in [0.2, 0.25) is 0 Å². The monoisotopic (exact) mass is 530 g/mol. The summed E-state index contributed by atoms with van der Waals surface area (Å²) in [5, 5.41) is 5.50. The van der Waals surface area contributed by atoms with E-state index in [4.69, 9.17) is 0 Å². The fraction of sp³-hybridized carbons (Fsp3) is 0.0714. The number of aryl methyl sites for hydroxylation is 1. The topological polar surface area (TPSA) is 58.2 Å². The standard InChI is InChI=1S/C28H23BrN2O2S/c1-19-6-5-9-21(18-19)27(32)30-24-14-16-25(17-15-24)34-26(20-7-3-2-4-8-20)28(33)31-23-12-10-22(29)11-13-23/h2-18,26H,1H3,(H,30,32)(H,31,33). The molecule has 0 heterocycles. The minimum atomic E-state index is -0.433. The zero-order valence-electron chi connectivity index (χ0n) is 18.5. The summed E-state index contributed by atoms with van der Waals surface area (Å²) in [6.45, 7) is 1.96. The average Bonchev–Trinajstić information content (AvgIpc) is 2.85. The Balaban J connectivity index is 1.48. The first-order chi connectivity index (χ1) is 16.5. The molecule has 1 atom stereocenters. The third kappa shape index (κ3) is 6.37. The van der Waals surface area contributed by atoms with E-state index in [0.717, 1.165) is 26.2 Å². The van der Waals surface area contributed by atoms with Gasteiger partial charge in [0.2, 0.25) is 5.91 Å². The van der Waals surface area contributed by atoms with Gasteiger partial charge in [-0.1, -0.05) is 64.0 Å². The molecule has 1 unspecified atom stereocenters. The van der Waals surface area contributed by atoms with Gasteiger partial charge in [-0.15, -0.1) is 11.8 Å². The van der Waals surface area contributed by atoms with Crippen LogP contribution in [-0.4, -0.2) is 11.8 Å². The van der Waals surface area contributed by atoms with Crippen LogP contribution in [0, 0.1) is 6.92 Å². The van der Waals surface area contributed by atoms with Crippen LogP contribution in [-0.2, 0) is 4.79 Å². The van der Waals surface area contributed by atoms with Crippen molar-refractivity contribution in [2.45, 2.75) is 17.1 Å². The lowest BCUT2D eigenvalue weighted by Crippen LogP contribution is -2.19. The Labute approximate surface area is 211 Å². The molecular formula is C28H23BrN2O2S. The molecule has 0 bridgehead atoms. The lowest BCUT2D eigenvalue weighted by atomic mass is 10.1.